The largest absolute Gasteiger partial charge is 0.358 e. The summed E-state index contributed by atoms with van der Waals surface area (Å²) >= 11 is 12.5. The molecule has 184 valence electrons. The van der Waals surface area contributed by atoms with Gasteiger partial charge in [-0.05, 0) is 66.6 Å². The molecule has 6 rings (SSSR count). The molecule has 3 aromatic carbocycles. The minimum Gasteiger partial charge on any atom is -0.358 e. The van der Waals surface area contributed by atoms with Crippen LogP contribution in [0.2, 0.25) is 10.0 Å². The maximum absolute atomic E-state index is 14.0. The van der Waals surface area contributed by atoms with Crippen LogP contribution in [0.1, 0.15) is 44.8 Å². The molecule has 4 atom stereocenters. The first kappa shape index (κ1) is 23.6. The van der Waals surface area contributed by atoms with Crippen LogP contribution in [0.25, 0.3) is 6.08 Å². The van der Waals surface area contributed by atoms with Crippen LogP contribution in [0, 0.1) is 11.8 Å². The van der Waals surface area contributed by atoms with Gasteiger partial charge >= 0.3 is 0 Å². The Kier molecular flexibility index (Phi) is 5.55. The molecule has 3 aliphatic rings. The number of benzene rings is 3. The van der Waals surface area contributed by atoms with E-state index in [9.17, 15) is 19.2 Å². The second kappa shape index (κ2) is 8.68. The summed E-state index contributed by atoms with van der Waals surface area (Å²) in [5, 5.41) is 0.579. The number of nitrogens with zero attached hydrogens (tertiary/aromatic N) is 2. The van der Waals surface area contributed by atoms with Crippen molar-refractivity contribution in [1.82, 2.24) is 4.90 Å². The Balaban J connectivity index is 1.48. The Hall–Kier alpha value is -3.74. The van der Waals surface area contributed by atoms with Crippen LogP contribution in [0.4, 0.5) is 5.69 Å². The zero-order chi connectivity index (χ0) is 26.0. The van der Waals surface area contributed by atoms with E-state index in [0.717, 1.165) is 16.0 Å². The van der Waals surface area contributed by atoms with Gasteiger partial charge in [0.2, 0.25) is 11.8 Å². The summed E-state index contributed by atoms with van der Waals surface area (Å²) in [6.45, 7) is 1.45. The normalized spacial score (nSPS) is 23.6. The number of amides is 2. The molecular weight excluding hydrogens is 511 g/mol. The van der Waals surface area contributed by atoms with Crippen LogP contribution in [0.15, 0.2) is 72.9 Å². The van der Waals surface area contributed by atoms with Gasteiger partial charge in [-0.1, -0.05) is 47.5 Å². The molecule has 8 heteroatoms. The minimum absolute atomic E-state index is 0.116. The van der Waals surface area contributed by atoms with Crippen molar-refractivity contribution in [3.8, 4) is 0 Å². The zero-order valence-electron chi connectivity index (χ0n) is 19.6. The van der Waals surface area contributed by atoms with Gasteiger partial charge in [-0.2, -0.15) is 0 Å². The Morgan fingerprint density at radius 1 is 0.865 bits per heavy atom. The number of hydrogen-bond donors (Lipinski definition) is 0. The van der Waals surface area contributed by atoms with E-state index in [4.69, 9.17) is 23.2 Å². The highest BCUT2D eigenvalue weighted by Gasteiger charge is 2.64. The quantitative estimate of drug-likeness (QED) is 0.324. The number of halogens is 2. The summed E-state index contributed by atoms with van der Waals surface area (Å²) in [4.78, 5) is 56.6. The second-order valence-corrected chi connectivity index (χ2v) is 10.3. The molecule has 2 amide bonds. The Morgan fingerprint density at radius 3 is 2.27 bits per heavy atom. The predicted octanol–water partition coefficient (Wildman–Crippen LogP) is 5.59. The van der Waals surface area contributed by atoms with Crippen molar-refractivity contribution in [2.45, 2.75) is 19.0 Å². The van der Waals surface area contributed by atoms with Gasteiger partial charge in [-0.3, -0.25) is 19.2 Å². The molecule has 0 saturated carbocycles. The van der Waals surface area contributed by atoms with E-state index in [0.29, 0.717) is 16.3 Å². The topological polar surface area (TPSA) is 74.8 Å². The lowest BCUT2D eigenvalue weighted by Gasteiger charge is -2.35. The van der Waals surface area contributed by atoms with Crippen LogP contribution < -0.4 is 4.90 Å². The number of Topliss-reactive ketones (excluding diaryl/α,β-unsaturated/α-hetero) is 2. The van der Waals surface area contributed by atoms with Crippen LogP contribution in [0.3, 0.4) is 0 Å². The third kappa shape index (κ3) is 3.55. The lowest BCUT2D eigenvalue weighted by atomic mass is 9.83. The average molecular weight is 531 g/mol. The fourth-order valence-electron chi connectivity index (χ4n) is 5.81. The Bertz CT molecular complexity index is 1530. The number of fused-ring (bicyclic) bond motifs is 5. The van der Waals surface area contributed by atoms with Crippen LogP contribution >= 0.6 is 23.2 Å². The monoisotopic (exact) mass is 530 g/mol. The van der Waals surface area contributed by atoms with E-state index in [1.54, 1.807) is 42.6 Å². The maximum atomic E-state index is 14.0. The van der Waals surface area contributed by atoms with Gasteiger partial charge < -0.3 is 4.90 Å². The van der Waals surface area contributed by atoms with Gasteiger partial charge in [-0.15, -0.1) is 0 Å². The molecule has 0 radical (unpaired) electrons. The van der Waals surface area contributed by atoms with Gasteiger partial charge in [0.25, 0.3) is 0 Å². The fraction of sp³-hybridized carbons (Fsp3) is 0.172. The van der Waals surface area contributed by atoms with Gasteiger partial charge in [0.15, 0.2) is 11.6 Å². The first-order valence-corrected chi connectivity index (χ1v) is 12.6. The maximum Gasteiger partial charge on any atom is 0.240 e. The van der Waals surface area contributed by atoms with Crippen molar-refractivity contribution in [1.29, 1.82) is 0 Å². The summed E-state index contributed by atoms with van der Waals surface area (Å²) in [7, 11) is 0. The smallest absolute Gasteiger partial charge is 0.240 e. The van der Waals surface area contributed by atoms with Crippen LogP contribution in [0.5, 0.6) is 0 Å². The van der Waals surface area contributed by atoms with E-state index in [-0.39, 0.29) is 28.1 Å². The highest BCUT2D eigenvalue weighted by atomic mass is 35.5. The second-order valence-electron chi connectivity index (χ2n) is 9.44. The zero-order valence-corrected chi connectivity index (χ0v) is 21.1. The molecule has 3 aromatic rings. The molecule has 6 nitrogen and oxygen atoms in total. The molecule has 37 heavy (non-hydrogen) atoms. The van der Waals surface area contributed by atoms with Gasteiger partial charge in [0.1, 0.15) is 6.04 Å². The van der Waals surface area contributed by atoms with Crippen LogP contribution in [-0.4, -0.2) is 34.3 Å². The number of carbonyl (C=O) groups is 4. The van der Waals surface area contributed by atoms with E-state index in [1.165, 1.54) is 13.0 Å². The minimum atomic E-state index is -0.934. The fourth-order valence-corrected chi connectivity index (χ4v) is 6.31. The standard InChI is InChI=1S/C29H20Cl2N2O4/c1-15(34)16-6-9-19(10-7-16)33-28(36)23-24(29(33)37)26(27(35)21-11-8-18(30)14-22(21)31)32-13-12-17-4-2-3-5-20(17)25(23)32/h2-14,23-26H,1H3/t23-,24-,25-,26+/m1/s1. The van der Waals surface area contributed by atoms with Crippen molar-refractivity contribution in [3.05, 3.63) is 105 Å². The van der Waals surface area contributed by atoms with Gasteiger partial charge in [-0.25, -0.2) is 4.90 Å². The molecule has 3 aliphatic heterocycles. The third-order valence-corrected chi connectivity index (χ3v) is 8.01. The molecule has 0 N–H and O–H groups in total. The lowest BCUT2D eigenvalue weighted by Crippen LogP contribution is -2.44. The lowest BCUT2D eigenvalue weighted by molar-refractivity contribution is -0.123. The van der Waals surface area contributed by atoms with Crippen LogP contribution in [-0.2, 0) is 9.59 Å². The highest BCUT2D eigenvalue weighted by molar-refractivity contribution is 6.37. The Labute approximate surface area is 223 Å². The molecular formula is C29H20Cl2N2O4. The average Bonchev–Trinajstić information content (AvgIpc) is 3.36. The van der Waals surface area contributed by atoms with E-state index < -0.39 is 29.8 Å². The summed E-state index contributed by atoms with van der Waals surface area (Å²) < 4.78 is 0. The molecule has 2 saturated heterocycles. The molecule has 0 aliphatic carbocycles. The van der Waals surface area contributed by atoms with Gasteiger partial charge in [0, 0.05) is 22.3 Å². The number of anilines is 1. The predicted molar refractivity (Wildman–Crippen MR) is 141 cm³/mol. The summed E-state index contributed by atoms with van der Waals surface area (Å²) in [5.41, 5.74) is 2.91. The summed E-state index contributed by atoms with van der Waals surface area (Å²) in [6.07, 6.45) is 3.69. The highest BCUT2D eigenvalue weighted by Crippen LogP contribution is 2.54. The molecule has 3 heterocycles. The van der Waals surface area contributed by atoms with Gasteiger partial charge in [0.05, 0.1) is 28.6 Å². The number of ketones is 2. The summed E-state index contributed by atoms with van der Waals surface area (Å²) in [5.74, 6) is -2.98. The molecule has 0 spiro atoms. The molecule has 0 bridgehead atoms. The SMILES string of the molecule is CC(=O)c1ccc(N2C(=O)[C@@H]3[C@@H](C2=O)[C@H]2c4ccccc4C=CN2[C@@H]3C(=O)c2ccc(Cl)cc2Cl)cc1. The van der Waals surface area contributed by atoms with Crippen molar-refractivity contribution < 1.29 is 19.2 Å². The summed E-state index contributed by atoms with van der Waals surface area (Å²) in [6, 6.07) is 17.2. The van der Waals surface area contributed by atoms with Crippen molar-refractivity contribution in [2.24, 2.45) is 11.8 Å². The first-order chi connectivity index (χ1) is 17.8. The van der Waals surface area contributed by atoms with Crippen molar-refractivity contribution in [2.75, 3.05) is 4.90 Å². The van der Waals surface area contributed by atoms with E-state index >= 15 is 0 Å². The van der Waals surface area contributed by atoms with Crippen molar-refractivity contribution >= 4 is 58.3 Å². The van der Waals surface area contributed by atoms with Crippen molar-refractivity contribution in [3.63, 3.8) is 0 Å². The number of imide groups is 1. The first-order valence-electron chi connectivity index (χ1n) is 11.8. The van der Waals surface area contributed by atoms with E-state index in [2.05, 4.69) is 0 Å². The molecule has 0 aromatic heterocycles. The van der Waals surface area contributed by atoms with E-state index in [1.807, 2.05) is 35.2 Å². The molecule has 2 fully saturated rings. The molecule has 0 unspecified atom stereocenters. The Morgan fingerprint density at radius 2 is 1.57 bits per heavy atom. The number of hydrogen-bond acceptors (Lipinski definition) is 5. The number of carbonyl (C=O) groups excluding carboxylic acids is 4. The third-order valence-electron chi connectivity index (χ3n) is 7.46. The number of rotatable bonds is 4.